The summed E-state index contributed by atoms with van der Waals surface area (Å²) in [4.78, 5) is 4.20. The minimum Gasteiger partial charge on any atom is -0.253 e. The van der Waals surface area contributed by atoms with Gasteiger partial charge in [-0.3, -0.25) is 4.98 Å². The van der Waals surface area contributed by atoms with Crippen molar-refractivity contribution in [2.45, 2.75) is 0 Å². The third-order valence-corrected chi connectivity index (χ3v) is 2.21. The third-order valence-electron chi connectivity index (χ3n) is 1.57. The van der Waals surface area contributed by atoms with Gasteiger partial charge in [0.25, 0.3) is 0 Å². The van der Waals surface area contributed by atoms with Crippen molar-refractivity contribution in [2.75, 3.05) is 0 Å². The number of halogens is 1. The topological polar surface area (TPSA) is 38.7 Å². The van der Waals surface area contributed by atoms with Crippen LogP contribution in [-0.2, 0) is 0 Å². The van der Waals surface area contributed by atoms with E-state index in [0.29, 0.717) is 0 Å². The first kappa shape index (κ1) is 8.31. The standard InChI is InChI=1S/C9H6BrN3/c10-7-3-1-5-11-9(7)8-4-2-6-12-13-8/h1-6H. The molecule has 2 aromatic rings. The van der Waals surface area contributed by atoms with Crippen molar-refractivity contribution >= 4 is 15.9 Å². The molecule has 0 aliphatic carbocycles. The van der Waals surface area contributed by atoms with E-state index in [-0.39, 0.29) is 0 Å². The summed E-state index contributed by atoms with van der Waals surface area (Å²) < 4.78 is 0.926. The Labute approximate surface area is 84.0 Å². The number of hydrogen-bond acceptors (Lipinski definition) is 3. The van der Waals surface area contributed by atoms with Crippen LogP contribution in [0.4, 0.5) is 0 Å². The van der Waals surface area contributed by atoms with Crippen molar-refractivity contribution in [1.29, 1.82) is 0 Å². The number of hydrogen-bond donors (Lipinski definition) is 0. The maximum absolute atomic E-state index is 4.20. The predicted octanol–water partition coefficient (Wildman–Crippen LogP) is 2.30. The molecule has 0 spiro atoms. The molecule has 0 N–H and O–H groups in total. The molecule has 0 saturated heterocycles. The summed E-state index contributed by atoms with van der Waals surface area (Å²) in [5.41, 5.74) is 1.59. The van der Waals surface area contributed by atoms with Crippen LogP contribution < -0.4 is 0 Å². The van der Waals surface area contributed by atoms with Crippen molar-refractivity contribution in [1.82, 2.24) is 15.2 Å². The fraction of sp³-hybridized carbons (Fsp3) is 0. The van der Waals surface area contributed by atoms with E-state index in [1.807, 2.05) is 24.3 Å². The van der Waals surface area contributed by atoms with Crippen LogP contribution in [0.2, 0.25) is 0 Å². The molecule has 0 unspecified atom stereocenters. The van der Waals surface area contributed by atoms with Gasteiger partial charge in [-0.1, -0.05) is 0 Å². The fourth-order valence-electron chi connectivity index (χ4n) is 1.00. The van der Waals surface area contributed by atoms with Crippen LogP contribution in [0.1, 0.15) is 0 Å². The third kappa shape index (κ3) is 1.72. The van der Waals surface area contributed by atoms with E-state index in [1.54, 1.807) is 12.4 Å². The molecule has 2 aromatic heterocycles. The molecule has 0 fully saturated rings. The lowest BCUT2D eigenvalue weighted by Gasteiger charge is -1.99. The number of nitrogens with zero attached hydrogens (tertiary/aromatic N) is 3. The van der Waals surface area contributed by atoms with Crippen LogP contribution >= 0.6 is 15.9 Å². The van der Waals surface area contributed by atoms with Crippen molar-refractivity contribution in [3.8, 4) is 11.4 Å². The van der Waals surface area contributed by atoms with Crippen molar-refractivity contribution < 1.29 is 0 Å². The second-order valence-electron chi connectivity index (χ2n) is 2.44. The molecule has 2 heterocycles. The van der Waals surface area contributed by atoms with Crippen molar-refractivity contribution in [2.24, 2.45) is 0 Å². The predicted molar refractivity (Wildman–Crippen MR) is 53.0 cm³/mol. The molecule has 0 saturated carbocycles. The van der Waals surface area contributed by atoms with Crippen LogP contribution in [-0.4, -0.2) is 15.2 Å². The van der Waals surface area contributed by atoms with Crippen molar-refractivity contribution in [3.05, 3.63) is 41.1 Å². The monoisotopic (exact) mass is 235 g/mol. The average Bonchev–Trinajstić information content (AvgIpc) is 2.20. The number of pyridine rings is 1. The summed E-state index contributed by atoms with van der Waals surface area (Å²) in [5, 5.41) is 7.76. The number of aromatic nitrogens is 3. The van der Waals surface area contributed by atoms with Gasteiger partial charge in [0, 0.05) is 16.9 Å². The van der Waals surface area contributed by atoms with Crippen LogP contribution in [0.15, 0.2) is 41.1 Å². The van der Waals surface area contributed by atoms with Crippen molar-refractivity contribution in [3.63, 3.8) is 0 Å². The molecule has 13 heavy (non-hydrogen) atoms. The van der Waals surface area contributed by atoms with Gasteiger partial charge in [-0.2, -0.15) is 5.10 Å². The largest absolute Gasteiger partial charge is 0.253 e. The average molecular weight is 236 g/mol. The highest BCUT2D eigenvalue weighted by Crippen LogP contribution is 2.22. The summed E-state index contributed by atoms with van der Waals surface area (Å²) in [7, 11) is 0. The molecule has 64 valence electrons. The molecule has 0 aliphatic heterocycles. The molecule has 3 nitrogen and oxygen atoms in total. The zero-order valence-electron chi connectivity index (χ0n) is 6.68. The van der Waals surface area contributed by atoms with E-state index in [9.17, 15) is 0 Å². The van der Waals surface area contributed by atoms with E-state index in [0.717, 1.165) is 15.9 Å². The van der Waals surface area contributed by atoms with Gasteiger partial charge < -0.3 is 0 Å². The summed E-state index contributed by atoms with van der Waals surface area (Å²) >= 11 is 3.40. The van der Waals surface area contributed by atoms with E-state index >= 15 is 0 Å². The summed E-state index contributed by atoms with van der Waals surface area (Å²) in [6.45, 7) is 0. The summed E-state index contributed by atoms with van der Waals surface area (Å²) in [5.74, 6) is 0. The van der Waals surface area contributed by atoms with Gasteiger partial charge in [0.05, 0.1) is 0 Å². The zero-order valence-corrected chi connectivity index (χ0v) is 8.27. The summed E-state index contributed by atoms with van der Waals surface area (Å²) in [6, 6.07) is 7.50. The van der Waals surface area contributed by atoms with Gasteiger partial charge in [0.1, 0.15) is 11.4 Å². The maximum atomic E-state index is 4.20. The Bertz CT molecular complexity index is 403. The Balaban J connectivity index is 2.54. The van der Waals surface area contributed by atoms with Crippen LogP contribution in [0.5, 0.6) is 0 Å². The van der Waals surface area contributed by atoms with Gasteiger partial charge >= 0.3 is 0 Å². The van der Waals surface area contributed by atoms with E-state index in [4.69, 9.17) is 0 Å². The molecule has 0 aliphatic rings. The van der Waals surface area contributed by atoms with Gasteiger partial charge in [-0.25, -0.2) is 0 Å². The van der Waals surface area contributed by atoms with Gasteiger partial charge in [0.15, 0.2) is 0 Å². The second kappa shape index (κ2) is 3.62. The minimum atomic E-state index is 0.773. The van der Waals surface area contributed by atoms with Crippen LogP contribution in [0.25, 0.3) is 11.4 Å². The first-order valence-electron chi connectivity index (χ1n) is 3.76. The molecule has 2 rings (SSSR count). The van der Waals surface area contributed by atoms with Gasteiger partial charge in [0.2, 0.25) is 0 Å². The van der Waals surface area contributed by atoms with E-state index in [1.165, 1.54) is 0 Å². The maximum Gasteiger partial charge on any atom is 0.112 e. The molecular weight excluding hydrogens is 230 g/mol. The first-order chi connectivity index (χ1) is 6.38. The first-order valence-corrected chi connectivity index (χ1v) is 4.56. The molecule has 0 bridgehead atoms. The van der Waals surface area contributed by atoms with Crippen LogP contribution in [0.3, 0.4) is 0 Å². The highest BCUT2D eigenvalue weighted by molar-refractivity contribution is 9.10. The molecule has 0 amide bonds. The molecule has 0 aromatic carbocycles. The number of rotatable bonds is 1. The molecular formula is C9H6BrN3. The van der Waals surface area contributed by atoms with Gasteiger partial charge in [-0.05, 0) is 40.2 Å². The lowest BCUT2D eigenvalue weighted by Crippen LogP contribution is -1.89. The SMILES string of the molecule is Brc1cccnc1-c1cccnn1. The summed E-state index contributed by atoms with van der Waals surface area (Å²) in [6.07, 6.45) is 3.37. The Kier molecular flexibility index (Phi) is 2.31. The Morgan fingerprint density at radius 2 is 1.92 bits per heavy atom. The molecule has 0 atom stereocenters. The highest BCUT2D eigenvalue weighted by atomic mass is 79.9. The lowest BCUT2D eigenvalue weighted by molar-refractivity contribution is 1.03. The Hall–Kier alpha value is -1.29. The highest BCUT2D eigenvalue weighted by Gasteiger charge is 2.03. The smallest absolute Gasteiger partial charge is 0.112 e. The van der Waals surface area contributed by atoms with Crippen LogP contribution in [0, 0.1) is 0 Å². The van der Waals surface area contributed by atoms with Gasteiger partial charge in [-0.15, -0.1) is 5.10 Å². The lowest BCUT2D eigenvalue weighted by atomic mass is 10.2. The quantitative estimate of drug-likeness (QED) is 0.762. The zero-order chi connectivity index (χ0) is 9.10. The normalized spacial score (nSPS) is 9.92. The minimum absolute atomic E-state index is 0.773. The fourth-order valence-corrected chi connectivity index (χ4v) is 1.46. The van der Waals surface area contributed by atoms with E-state index in [2.05, 4.69) is 31.1 Å². The van der Waals surface area contributed by atoms with E-state index < -0.39 is 0 Å². The molecule has 0 radical (unpaired) electrons. The molecule has 4 heteroatoms. The second-order valence-corrected chi connectivity index (χ2v) is 3.30. The Morgan fingerprint density at radius 3 is 2.62 bits per heavy atom. The Morgan fingerprint density at radius 1 is 1.08 bits per heavy atom.